The van der Waals surface area contributed by atoms with E-state index < -0.39 is 5.91 Å². The van der Waals surface area contributed by atoms with Crippen molar-refractivity contribution in [2.75, 3.05) is 31.1 Å². The van der Waals surface area contributed by atoms with Crippen molar-refractivity contribution in [2.45, 2.75) is 6.61 Å². The third-order valence-corrected chi connectivity index (χ3v) is 5.27. The summed E-state index contributed by atoms with van der Waals surface area (Å²) in [5.74, 6) is 0.754. The number of para-hydroxylation sites is 1. The summed E-state index contributed by atoms with van der Waals surface area (Å²) < 4.78 is 11.1. The number of nitrogens with one attached hydrogen (secondary N) is 2. The molecule has 0 saturated carbocycles. The van der Waals surface area contributed by atoms with Gasteiger partial charge in [0.15, 0.2) is 5.76 Å². The first kappa shape index (κ1) is 21.6. The number of urea groups is 1. The Labute approximate surface area is 190 Å². The molecule has 8 nitrogen and oxygen atoms in total. The van der Waals surface area contributed by atoms with Crippen LogP contribution < -0.4 is 20.5 Å². The molecule has 1 aliphatic rings. The van der Waals surface area contributed by atoms with Crippen molar-refractivity contribution in [3.05, 3.63) is 83.3 Å². The molecule has 0 spiro atoms. The molecule has 0 radical (unpaired) electrons. The van der Waals surface area contributed by atoms with Crippen LogP contribution >= 0.6 is 11.6 Å². The number of hydrogen-bond donors (Lipinski definition) is 2. The highest BCUT2D eigenvalue weighted by molar-refractivity contribution is 6.30. The standard InChI is InChI=1S/C23H23ClN4O4/c24-17-5-4-6-18(15-17)27-11-13-28(14-12-27)23(30)26-25-22(29)21-10-9-20(32-21)16-31-19-7-2-1-3-8-19/h1-10,15H,11-14,16H2,(H,25,29)(H,26,30). The Kier molecular flexibility index (Phi) is 6.81. The number of furan rings is 1. The van der Waals surface area contributed by atoms with E-state index in [4.69, 9.17) is 20.8 Å². The zero-order valence-electron chi connectivity index (χ0n) is 17.3. The van der Waals surface area contributed by atoms with Gasteiger partial charge >= 0.3 is 11.9 Å². The van der Waals surface area contributed by atoms with Crippen LogP contribution in [0.3, 0.4) is 0 Å². The van der Waals surface area contributed by atoms with Gasteiger partial charge in [-0.05, 0) is 42.5 Å². The number of amides is 3. The summed E-state index contributed by atoms with van der Waals surface area (Å²) in [7, 11) is 0. The molecule has 1 saturated heterocycles. The molecule has 2 aromatic carbocycles. The minimum atomic E-state index is -0.540. The normalized spacial score (nSPS) is 13.5. The van der Waals surface area contributed by atoms with Crippen LogP contribution in [0.4, 0.5) is 10.5 Å². The van der Waals surface area contributed by atoms with Crippen LogP contribution in [-0.2, 0) is 6.61 Å². The minimum Gasteiger partial charge on any atom is -0.486 e. The van der Waals surface area contributed by atoms with E-state index in [9.17, 15) is 9.59 Å². The second-order valence-corrected chi connectivity index (χ2v) is 7.64. The van der Waals surface area contributed by atoms with Gasteiger partial charge in [0, 0.05) is 36.9 Å². The van der Waals surface area contributed by atoms with Gasteiger partial charge in [-0.3, -0.25) is 10.2 Å². The number of carbonyl (C=O) groups is 2. The highest BCUT2D eigenvalue weighted by Gasteiger charge is 2.22. The number of benzene rings is 2. The SMILES string of the molecule is O=C(NNC(=O)N1CCN(c2cccc(Cl)c2)CC1)c1ccc(COc2ccccc2)o1. The zero-order valence-corrected chi connectivity index (χ0v) is 18.0. The summed E-state index contributed by atoms with van der Waals surface area (Å²) in [6, 6.07) is 19.8. The lowest BCUT2D eigenvalue weighted by molar-refractivity contribution is 0.0897. The number of rotatable bonds is 5. The summed E-state index contributed by atoms with van der Waals surface area (Å²) in [6.45, 7) is 2.59. The molecule has 0 atom stereocenters. The minimum absolute atomic E-state index is 0.0859. The molecule has 0 aliphatic carbocycles. The predicted octanol–water partition coefficient (Wildman–Crippen LogP) is 3.69. The van der Waals surface area contributed by atoms with Crippen molar-refractivity contribution in [1.29, 1.82) is 0 Å². The molecular formula is C23H23ClN4O4. The third-order valence-electron chi connectivity index (χ3n) is 5.03. The van der Waals surface area contributed by atoms with Crippen LogP contribution in [-0.4, -0.2) is 43.0 Å². The number of anilines is 1. The van der Waals surface area contributed by atoms with Gasteiger partial charge in [0.05, 0.1) is 0 Å². The first-order valence-electron chi connectivity index (χ1n) is 10.2. The lowest BCUT2D eigenvalue weighted by atomic mass is 10.2. The van der Waals surface area contributed by atoms with Gasteiger partial charge in [-0.2, -0.15) is 0 Å². The van der Waals surface area contributed by atoms with Gasteiger partial charge in [0.1, 0.15) is 18.1 Å². The van der Waals surface area contributed by atoms with Crippen molar-refractivity contribution in [3.8, 4) is 5.75 Å². The molecule has 9 heteroatoms. The molecule has 4 rings (SSSR count). The van der Waals surface area contributed by atoms with E-state index in [-0.39, 0.29) is 18.4 Å². The second kappa shape index (κ2) is 10.1. The number of nitrogens with zero attached hydrogens (tertiary/aromatic N) is 2. The topological polar surface area (TPSA) is 87.1 Å². The molecule has 2 heterocycles. The molecule has 166 valence electrons. The quantitative estimate of drug-likeness (QED) is 0.574. The Morgan fingerprint density at radius 3 is 2.47 bits per heavy atom. The number of carbonyl (C=O) groups excluding carboxylic acids is 2. The van der Waals surface area contributed by atoms with E-state index in [0.29, 0.717) is 42.7 Å². The van der Waals surface area contributed by atoms with Crippen LogP contribution in [0.25, 0.3) is 0 Å². The smallest absolute Gasteiger partial charge is 0.336 e. The average Bonchev–Trinajstić information content (AvgIpc) is 3.31. The van der Waals surface area contributed by atoms with Crippen LogP contribution in [0.2, 0.25) is 5.02 Å². The van der Waals surface area contributed by atoms with Gasteiger partial charge < -0.3 is 19.0 Å². The van der Waals surface area contributed by atoms with E-state index in [1.165, 1.54) is 6.07 Å². The Bertz CT molecular complexity index is 1060. The molecule has 32 heavy (non-hydrogen) atoms. The summed E-state index contributed by atoms with van der Waals surface area (Å²) in [6.07, 6.45) is 0. The maximum atomic E-state index is 12.4. The number of hydrogen-bond acceptors (Lipinski definition) is 5. The molecule has 1 aliphatic heterocycles. The van der Waals surface area contributed by atoms with Gasteiger partial charge in [0.2, 0.25) is 0 Å². The Morgan fingerprint density at radius 2 is 1.72 bits per heavy atom. The Morgan fingerprint density at radius 1 is 0.938 bits per heavy atom. The van der Waals surface area contributed by atoms with E-state index >= 15 is 0 Å². The molecule has 3 aromatic rings. The van der Waals surface area contributed by atoms with Crippen LogP contribution in [0, 0.1) is 0 Å². The summed E-state index contributed by atoms with van der Waals surface area (Å²) in [5, 5.41) is 0.679. The predicted molar refractivity (Wildman–Crippen MR) is 121 cm³/mol. The van der Waals surface area contributed by atoms with Crippen molar-refractivity contribution in [3.63, 3.8) is 0 Å². The lowest BCUT2D eigenvalue weighted by Gasteiger charge is -2.36. The van der Waals surface area contributed by atoms with Crippen LogP contribution in [0.5, 0.6) is 5.75 Å². The largest absolute Gasteiger partial charge is 0.486 e. The van der Waals surface area contributed by atoms with E-state index in [1.54, 1.807) is 11.0 Å². The van der Waals surface area contributed by atoms with E-state index in [0.717, 1.165) is 5.69 Å². The van der Waals surface area contributed by atoms with Gasteiger partial charge in [-0.15, -0.1) is 0 Å². The molecule has 0 unspecified atom stereocenters. The van der Waals surface area contributed by atoms with E-state index in [1.807, 2.05) is 54.6 Å². The molecule has 1 aromatic heterocycles. The highest BCUT2D eigenvalue weighted by atomic mass is 35.5. The fourth-order valence-corrected chi connectivity index (χ4v) is 3.52. The molecule has 1 fully saturated rings. The summed E-state index contributed by atoms with van der Waals surface area (Å²) in [5.41, 5.74) is 5.85. The zero-order chi connectivity index (χ0) is 22.3. The van der Waals surface area contributed by atoms with Gasteiger partial charge in [0.25, 0.3) is 0 Å². The maximum absolute atomic E-state index is 12.4. The van der Waals surface area contributed by atoms with Gasteiger partial charge in [-0.1, -0.05) is 35.9 Å². The van der Waals surface area contributed by atoms with Crippen molar-refractivity contribution in [2.24, 2.45) is 0 Å². The molecule has 3 amide bonds. The Hall–Kier alpha value is -3.65. The monoisotopic (exact) mass is 454 g/mol. The average molecular weight is 455 g/mol. The first-order chi connectivity index (χ1) is 15.6. The number of halogens is 1. The summed E-state index contributed by atoms with van der Waals surface area (Å²) in [4.78, 5) is 28.5. The lowest BCUT2D eigenvalue weighted by Crippen LogP contribution is -2.55. The fourth-order valence-electron chi connectivity index (χ4n) is 3.34. The van der Waals surface area contributed by atoms with E-state index in [2.05, 4.69) is 15.8 Å². The maximum Gasteiger partial charge on any atom is 0.336 e. The van der Waals surface area contributed by atoms with Crippen molar-refractivity contribution < 1.29 is 18.7 Å². The van der Waals surface area contributed by atoms with Crippen molar-refractivity contribution in [1.82, 2.24) is 15.8 Å². The number of piperazine rings is 1. The molecular weight excluding hydrogens is 432 g/mol. The van der Waals surface area contributed by atoms with Crippen molar-refractivity contribution >= 4 is 29.2 Å². The summed E-state index contributed by atoms with van der Waals surface area (Å²) >= 11 is 6.06. The highest BCUT2D eigenvalue weighted by Crippen LogP contribution is 2.20. The Balaban J connectivity index is 1.21. The number of ether oxygens (including phenoxy) is 1. The number of hydrazine groups is 1. The van der Waals surface area contributed by atoms with Gasteiger partial charge in [-0.25, -0.2) is 10.2 Å². The van der Waals surface area contributed by atoms with Crippen LogP contribution in [0.1, 0.15) is 16.3 Å². The third kappa shape index (κ3) is 5.53. The molecule has 2 N–H and O–H groups in total. The first-order valence-corrected chi connectivity index (χ1v) is 10.6. The van der Waals surface area contributed by atoms with Crippen LogP contribution in [0.15, 0.2) is 71.1 Å². The second-order valence-electron chi connectivity index (χ2n) is 7.21. The molecule has 0 bridgehead atoms. The fraction of sp³-hybridized carbons (Fsp3) is 0.217.